The highest BCUT2D eigenvalue weighted by molar-refractivity contribution is 9.11. The number of thiophene rings is 1. The number of nitrogens with one attached hydrogen (secondary N) is 1. The van der Waals surface area contributed by atoms with Crippen molar-refractivity contribution in [2.24, 2.45) is 11.8 Å². The molecule has 0 amide bonds. The lowest BCUT2D eigenvalue weighted by atomic mass is 9.72. The molecule has 1 heterocycles. The number of hydrogen-bond acceptors (Lipinski definition) is 2. The molecule has 0 radical (unpaired) electrons. The summed E-state index contributed by atoms with van der Waals surface area (Å²) in [6.07, 6.45) is 8.22. The molecule has 2 rings (SSSR count). The van der Waals surface area contributed by atoms with Crippen LogP contribution < -0.4 is 5.32 Å². The number of halogens is 1. The molecule has 0 spiro atoms. The first-order chi connectivity index (χ1) is 9.26. The number of hydrogen-bond donors (Lipinski definition) is 1. The highest BCUT2D eigenvalue weighted by atomic mass is 79.9. The molecule has 108 valence electrons. The van der Waals surface area contributed by atoms with E-state index in [2.05, 4.69) is 46.5 Å². The second-order valence-corrected chi connectivity index (χ2v) is 8.02. The van der Waals surface area contributed by atoms with Crippen LogP contribution in [0.3, 0.4) is 0 Å². The van der Waals surface area contributed by atoms with Gasteiger partial charge in [-0.2, -0.15) is 0 Å². The first-order valence-electron chi connectivity index (χ1n) is 7.73. The summed E-state index contributed by atoms with van der Waals surface area (Å²) in [6, 6.07) is 2.88. The van der Waals surface area contributed by atoms with Crippen molar-refractivity contribution in [3.63, 3.8) is 0 Å². The van der Waals surface area contributed by atoms with E-state index in [1.54, 1.807) is 0 Å². The van der Waals surface area contributed by atoms with Gasteiger partial charge in [-0.3, -0.25) is 0 Å². The van der Waals surface area contributed by atoms with Gasteiger partial charge in [0.2, 0.25) is 0 Å². The molecule has 1 fully saturated rings. The third-order valence-corrected chi connectivity index (χ3v) is 6.00. The Kier molecular flexibility index (Phi) is 6.37. The molecule has 3 unspecified atom stereocenters. The minimum absolute atomic E-state index is 0.563. The lowest BCUT2D eigenvalue weighted by Gasteiger charge is -2.37. The molecule has 3 heteroatoms. The van der Waals surface area contributed by atoms with E-state index in [9.17, 15) is 0 Å². The maximum Gasteiger partial charge on any atom is 0.0701 e. The lowest BCUT2D eigenvalue weighted by Crippen LogP contribution is -2.34. The van der Waals surface area contributed by atoms with E-state index < -0.39 is 0 Å². The first-order valence-corrected chi connectivity index (χ1v) is 9.40. The maximum absolute atomic E-state index is 3.82. The Labute approximate surface area is 130 Å². The fourth-order valence-corrected chi connectivity index (χ4v) is 4.70. The van der Waals surface area contributed by atoms with Gasteiger partial charge >= 0.3 is 0 Å². The molecule has 1 saturated carbocycles. The van der Waals surface area contributed by atoms with Crippen molar-refractivity contribution >= 4 is 27.3 Å². The van der Waals surface area contributed by atoms with Gasteiger partial charge in [0, 0.05) is 6.04 Å². The molecule has 19 heavy (non-hydrogen) atoms. The van der Waals surface area contributed by atoms with Crippen molar-refractivity contribution in [1.29, 1.82) is 0 Å². The minimum Gasteiger partial charge on any atom is -0.310 e. The largest absolute Gasteiger partial charge is 0.310 e. The topological polar surface area (TPSA) is 12.0 Å². The van der Waals surface area contributed by atoms with Gasteiger partial charge in [0.25, 0.3) is 0 Å². The predicted octanol–water partition coefficient (Wildman–Crippen LogP) is 5.77. The van der Waals surface area contributed by atoms with Crippen molar-refractivity contribution in [2.75, 3.05) is 6.54 Å². The van der Waals surface area contributed by atoms with Gasteiger partial charge in [-0.15, -0.1) is 11.3 Å². The summed E-state index contributed by atoms with van der Waals surface area (Å²) < 4.78 is 1.26. The van der Waals surface area contributed by atoms with E-state index in [0.717, 1.165) is 18.4 Å². The van der Waals surface area contributed by atoms with Crippen LogP contribution in [0.15, 0.2) is 15.2 Å². The molecule has 1 aromatic heterocycles. The second kappa shape index (κ2) is 7.80. The van der Waals surface area contributed by atoms with Crippen molar-refractivity contribution in [2.45, 2.75) is 58.4 Å². The molecule has 3 atom stereocenters. The van der Waals surface area contributed by atoms with Crippen molar-refractivity contribution in [3.8, 4) is 0 Å². The fourth-order valence-electron chi connectivity index (χ4n) is 3.48. The Morgan fingerprint density at radius 1 is 1.37 bits per heavy atom. The average Bonchev–Trinajstić information content (AvgIpc) is 2.86. The molecule has 0 aromatic carbocycles. The Bertz CT molecular complexity index is 377. The van der Waals surface area contributed by atoms with Crippen molar-refractivity contribution in [3.05, 3.63) is 20.8 Å². The summed E-state index contributed by atoms with van der Waals surface area (Å²) in [6.45, 7) is 5.75. The quantitative estimate of drug-likeness (QED) is 0.691. The van der Waals surface area contributed by atoms with Gasteiger partial charge in [0.1, 0.15) is 0 Å². The van der Waals surface area contributed by atoms with Gasteiger partial charge in [-0.05, 0) is 64.2 Å². The van der Waals surface area contributed by atoms with Crippen LogP contribution in [-0.4, -0.2) is 6.54 Å². The summed E-state index contributed by atoms with van der Waals surface area (Å²) in [5.74, 6) is 1.73. The first kappa shape index (κ1) is 15.5. The lowest BCUT2D eigenvalue weighted by molar-refractivity contribution is 0.176. The molecule has 1 nitrogen and oxygen atoms in total. The summed E-state index contributed by atoms with van der Waals surface area (Å²) in [5, 5.41) is 6.15. The van der Waals surface area contributed by atoms with Crippen molar-refractivity contribution < 1.29 is 0 Å². The van der Waals surface area contributed by atoms with Gasteiger partial charge in [-0.25, -0.2) is 0 Å². The molecular weight excluding hydrogens is 318 g/mol. The third kappa shape index (κ3) is 4.05. The summed E-state index contributed by atoms with van der Waals surface area (Å²) in [5.41, 5.74) is 1.50. The van der Waals surface area contributed by atoms with Crippen LogP contribution in [0.1, 0.15) is 64.0 Å². The van der Waals surface area contributed by atoms with Gasteiger partial charge in [-0.1, -0.05) is 39.5 Å². The monoisotopic (exact) mass is 343 g/mol. The van der Waals surface area contributed by atoms with E-state index in [-0.39, 0.29) is 0 Å². The molecule has 0 saturated heterocycles. The smallest absolute Gasteiger partial charge is 0.0701 e. The van der Waals surface area contributed by atoms with E-state index in [1.165, 1.54) is 47.9 Å². The van der Waals surface area contributed by atoms with Crippen LogP contribution >= 0.6 is 27.3 Å². The van der Waals surface area contributed by atoms with Crippen LogP contribution in [0.5, 0.6) is 0 Å². The SMILES string of the molecule is CCCNC(c1csc(Br)c1)C1CCCCC1CC. The Balaban J connectivity index is 2.15. The molecule has 1 aliphatic carbocycles. The van der Waals surface area contributed by atoms with Gasteiger partial charge in [0.05, 0.1) is 3.79 Å². The van der Waals surface area contributed by atoms with Gasteiger partial charge in [0.15, 0.2) is 0 Å². The average molecular weight is 344 g/mol. The molecule has 1 aliphatic rings. The molecule has 1 aromatic rings. The zero-order chi connectivity index (χ0) is 13.7. The summed E-state index contributed by atoms with van der Waals surface area (Å²) in [4.78, 5) is 0. The fraction of sp³-hybridized carbons (Fsp3) is 0.750. The van der Waals surface area contributed by atoms with Crippen LogP contribution in [0, 0.1) is 11.8 Å². The minimum atomic E-state index is 0.563. The van der Waals surface area contributed by atoms with E-state index >= 15 is 0 Å². The predicted molar refractivity (Wildman–Crippen MR) is 88.8 cm³/mol. The van der Waals surface area contributed by atoms with Crippen LogP contribution in [-0.2, 0) is 0 Å². The Morgan fingerprint density at radius 2 is 2.16 bits per heavy atom. The molecule has 0 aliphatic heterocycles. The standard InChI is InChI=1S/C16H26BrNS/c1-3-9-18-16(13-10-15(17)19-11-13)14-8-6-5-7-12(14)4-2/h10-12,14,16,18H,3-9H2,1-2H3. The van der Waals surface area contributed by atoms with Crippen LogP contribution in [0.2, 0.25) is 0 Å². The summed E-state index contributed by atoms with van der Waals surface area (Å²) in [7, 11) is 0. The highest BCUT2D eigenvalue weighted by Gasteiger charge is 2.31. The van der Waals surface area contributed by atoms with Gasteiger partial charge < -0.3 is 5.32 Å². The normalized spacial score (nSPS) is 25.4. The second-order valence-electron chi connectivity index (χ2n) is 5.73. The Morgan fingerprint density at radius 3 is 2.79 bits per heavy atom. The highest BCUT2D eigenvalue weighted by Crippen LogP contribution is 2.41. The third-order valence-electron chi connectivity index (χ3n) is 4.48. The zero-order valence-electron chi connectivity index (χ0n) is 12.1. The maximum atomic E-state index is 3.82. The van der Waals surface area contributed by atoms with E-state index in [1.807, 2.05) is 11.3 Å². The molecule has 1 N–H and O–H groups in total. The Hall–Kier alpha value is 0.140. The molecule has 0 bridgehead atoms. The van der Waals surface area contributed by atoms with Crippen LogP contribution in [0.4, 0.5) is 0 Å². The number of rotatable bonds is 6. The van der Waals surface area contributed by atoms with E-state index in [0.29, 0.717) is 6.04 Å². The molecular formula is C16H26BrNS. The van der Waals surface area contributed by atoms with E-state index in [4.69, 9.17) is 0 Å². The van der Waals surface area contributed by atoms with Crippen molar-refractivity contribution in [1.82, 2.24) is 5.32 Å². The zero-order valence-corrected chi connectivity index (χ0v) is 14.5. The van der Waals surface area contributed by atoms with Crippen LogP contribution in [0.25, 0.3) is 0 Å². The summed E-state index contributed by atoms with van der Waals surface area (Å²) >= 11 is 5.43.